The molecule has 1 atom stereocenters. The molecule has 3 heterocycles. The highest BCUT2D eigenvalue weighted by molar-refractivity contribution is 5.95. The fourth-order valence-electron chi connectivity index (χ4n) is 4.01. The van der Waals surface area contributed by atoms with Crippen LogP contribution in [0.1, 0.15) is 46.2 Å². The SMILES string of the molecule is O=C(c1ccn(C2CCCNC2)n1)N1CCCN(C(=O)c2ccccc2F)CC1. The summed E-state index contributed by atoms with van der Waals surface area (Å²) >= 11 is 0. The van der Waals surface area contributed by atoms with Gasteiger partial charge >= 0.3 is 0 Å². The predicted molar refractivity (Wildman–Crippen MR) is 106 cm³/mol. The minimum atomic E-state index is -0.516. The van der Waals surface area contributed by atoms with Crippen LogP contribution in [0.4, 0.5) is 4.39 Å². The molecule has 2 saturated heterocycles. The lowest BCUT2D eigenvalue weighted by molar-refractivity contribution is 0.0712. The molecule has 29 heavy (non-hydrogen) atoms. The Morgan fingerprint density at radius 3 is 2.48 bits per heavy atom. The third kappa shape index (κ3) is 4.32. The third-order valence-corrected chi connectivity index (χ3v) is 5.65. The summed E-state index contributed by atoms with van der Waals surface area (Å²) in [4.78, 5) is 28.9. The Morgan fingerprint density at radius 1 is 1.00 bits per heavy atom. The van der Waals surface area contributed by atoms with Gasteiger partial charge in [0, 0.05) is 38.9 Å². The van der Waals surface area contributed by atoms with Gasteiger partial charge in [0.25, 0.3) is 11.8 Å². The third-order valence-electron chi connectivity index (χ3n) is 5.65. The maximum atomic E-state index is 14.0. The number of amides is 2. The summed E-state index contributed by atoms with van der Waals surface area (Å²) < 4.78 is 15.8. The molecule has 2 amide bonds. The Kier molecular flexibility index (Phi) is 5.89. The van der Waals surface area contributed by atoms with Crippen molar-refractivity contribution in [3.05, 3.63) is 53.6 Å². The minimum absolute atomic E-state index is 0.0760. The van der Waals surface area contributed by atoms with E-state index in [0.717, 1.165) is 25.9 Å². The number of aromatic nitrogens is 2. The van der Waals surface area contributed by atoms with E-state index in [4.69, 9.17) is 0 Å². The number of rotatable bonds is 3. The van der Waals surface area contributed by atoms with Crippen molar-refractivity contribution in [3.8, 4) is 0 Å². The van der Waals surface area contributed by atoms with E-state index >= 15 is 0 Å². The van der Waals surface area contributed by atoms with Crippen LogP contribution in [-0.4, -0.2) is 70.7 Å². The molecule has 1 aromatic carbocycles. The zero-order valence-corrected chi connectivity index (χ0v) is 16.4. The van der Waals surface area contributed by atoms with Crippen LogP contribution in [0.2, 0.25) is 0 Å². The summed E-state index contributed by atoms with van der Waals surface area (Å²) in [6, 6.07) is 8.06. The second-order valence-electron chi connectivity index (χ2n) is 7.60. The van der Waals surface area contributed by atoms with Gasteiger partial charge in [-0.1, -0.05) is 12.1 Å². The van der Waals surface area contributed by atoms with Gasteiger partial charge in [-0.2, -0.15) is 5.10 Å². The molecule has 0 aliphatic carbocycles. The first-order chi connectivity index (χ1) is 14.1. The monoisotopic (exact) mass is 399 g/mol. The molecule has 7 nitrogen and oxygen atoms in total. The van der Waals surface area contributed by atoms with Crippen molar-refractivity contribution in [2.75, 3.05) is 39.3 Å². The van der Waals surface area contributed by atoms with Crippen LogP contribution in [0.5, 0.6) is 0 Å². The summed E-state index contributed by atoms with van der Waals surface area (Å²) in [6.45, 7) is 3.74. The largest absolute Gasteiger partial charge is 0.337 e. The topological polar surface area (TPSA) is 70.5 Å². The molecule has 2 fully saturated rings. The summed E-state index contributed by atoms with van der Waals surface area (Å²) in [5.74, 6) is -0.961. The van der Waals surface area contributed by atoms with Crippen molar-refractivity contribution >= 4 is 11.8 Å². The lowest BCUT2D eigenvalue weighted by atomic mass is 10.1. The maximum absolute atomic E-state index is 14.0. The molecule has 4 rings (SSSR count). The van der Waals surface area contributed by atoms with Gasteiger partial charge in [0.2, 0.25) is 0 Å². The molecule has 0 bridgehead atoms. The number of hydrogen-bond donors (Lipinski definition) is 1. The van der Waals surface area contributed by atoms with Gasteiger partial charge in [-0.05, 0) is 44.0 Å². The quantitative estimate of drug-likeness (QED) is 0.856. The number of carbonyl (C=O) groups is 2. The van der Waals surface area contributed by atoms with E-state index in [2.05, 4.69) is 10.4 Å². The van der Waals surface area contributed by atoms with Crippen LogP contribution >= 0.6 is 0 Å². The summed E-state index contributed by atoms with van der Waals surface area (Å²) in [5.41, 5.74) is 0.511. The smallest absolute Gasteiger partial charge is 0.274 e. The van der Waals surface area contributed by atoms with Gasteiger partial charge in [-0.3, -0.25) is 14.3 Å². The van der Waals surface area contributed by atoms with E-state index in [0.29, 0.717) is 38.3 Å². The Morgan fingerprint density at radius 2 is 1.76 bits per heavy atom. The lowest BCUT2D eigenvalue weighted by Crippen LogP contribution is -2.38. The van der Waals surface area contributed by atoms with E-state index in [1.807, 2.05) is 10.9 Å². The highest BCUT2D eigenvalue weighted by Crippen LogP contribution is 2.17. The van der Waals surface area contributed by atoms with Gasteiger partial charge in [0.05, 0.1) is 11.6 Å². The average molecular weight is 399 g/mol. The first-order valence-electron chi connectivity index (χ1n) is 10.2. The number of benzene rings is 1. The lowest BCUT2D eigenvalue weighted by Gasteiger charge is -2.23. The van der Waals surface area contributed by atoms with Crippen molar-refractivity contribution < 1.29 is 14.0 Å². The van der Waals surface area contributed by atoms with E-state index < -0.39 is 5.82 Å². The zero-order chi connectivity index (χ0) is 20.2. The summed E-state index contributed by atoms with van der Waals surface area (Å²) in [6.07, 6.45) is 4.68. The second-order valence-corrected chi connectivity index (χ2v) is 7.60. The van der Waals surface area contributed by atoms with E-state index in [1.165, 1.54) is 12.1 Å². The van der Waals surface area contributed by atoms with Gasteiger partial charge in [-0.25, -0.2) is 4.39 Å². The fourth-order valence-corrected chi connectivity index (χ4v) is 4.01. The van der Waals surface area contributed by atoms with Crippen molar-refractivity contribution in [2.45, 2.75) is 25.3 Å². The van der Waals surface area contributed by atoms with Gasteiger partial charge in [0.1, 0.15) is 11.5 Å². The molecule has 1 N–H and O–H groups in total. The Hall–Kier alpha value is -2.74. The van der Waals surface area contributed by atoms with E-state index in [9.17, 15) is 14.0 Å². The predicted octanol–water partition coefficient (Wildman–Crippen LogP) is 1.94. The molecule has 2 aliphatic heterocycles. The minimum Gasteiger partial charge on any atom is -0.337 e. The van der Waals surface area contributed by atoms with Crippen molar-refractivity contribution in [1.29, 1.82) is 0 Å². The van der Waals surface area contributed by atoms with Gasteiger partial charge in [0.15, 0.2) is 0 Å². The van der Waals surface area contributed by atoms with Crippen LogP contribution < -0.4 is 5.32 Å². The molecule has 0 radical (unpaired) electrons. The van der Waals surface area contributed by atoms with Crippen molar-refractivity contribution in [2.24, 2.45) is 0 Å². The van der Waals surface area contributed by atoms with Gasteiger partial charge in [-0.15, -0.1) is 0 Å². The number of carbonyl (C=O) groups excluding carboxylic acids is 2. The van der Waals surface area contributed by atoms with Crippen LogP contribution in [0.3, 0.4) is 0 Å². The van der Waals surface area contributed by atoms with Crippen LogP contribution in [0.15, 0.2) is 36.5 Å². The molecule has 2 aromatic rings. The summed E-state index contributed by atoms with van der Waals surface area (Å²) in [7, 11) is 0. The Balaban J connectivity index is 1.39. The van der Waals surface area contributed by atoms with Crippen LogP contribution in [-0.2, 0) is 0 Å². The molecule has 154 valence electrons. The zero-order valence-electron chi connectivity index (χ0n) is 16.4. The molecular formula is C21H26FN5O2. The molecule has 1 unspecified atom stereocenters. The summed E-state index contributed by atoms with van der Waals surface area (Å²) in [5, 5.41) is 7.86. The Bertz CT molecular complexity index is 877. The number of nitrogens with one attached hydrogen (secondary N) is 1. The Labute approximate surface area is 169 Å². The molecule has 2 aliphatic rings. The fraction of sp³-hybridized carbons (Fsp3) is 0.476. The van der Waals surface area contributed by atoms with E-state index in [1.54, 1.807) is 28.0 Å². The van der Waals surface area contributed by atoms with Crippen LogP contribution in [0, 0.1) is 5.82 Å². The molecule has 8 heteroatoms. The standard InChI is InChI=1S/C21H26FN5O2/c22-18-7-2-1-6-17(18)20(28)25-10-4-11-26(14-13-25)21(29)19-8-12-27(24-19)16-5-3-9-23-15-16/h1-2,6-8,12,16,23H,3-5,9-11,13-15H2. The first-order valence-corrected chi connectivity index (χ1v) is 10.2. The molecule has 0 saturated carbocycles. The highest BCUT2D eigenvalue weighted by atomic mass is 19.1. The average Bonchev–Trinajstić information content (AvgIpc) is 3.12. The van der Waals surface area contributed by atoms with Crippen molar-refractivity contribution in [3.63, 3.8) is 0 Å². The second kappa shape index (κ2) is 8.73. The molecule has 1 aromatic heterocycles. The number of piperidine rings is 1. The first kappa shape index (κ1) is 19.6. The highest BCUT2D eigenvalue weighted by Gasteiger charge is 2.26. The number of halogens is 1. The number of hydrogen-bond acceptors (Lipinski definition) is 4. The maximum Gasteiger partial charge on any atom is 0.274 e. The molecular weight excluding hydrogens is 373 g/mol. The number of nitrogens with zero attached hydrogens (tertiary/aromatic N) is 4. The van der Waals surface area contributed by atoms with Crippen molar-refractivity contribution in [1.82, 2.24) is 24.9 Å². The van der Waals surface area contributed by atoms with Crippen LogP contribution in [0.25, 0.3) is 0 Å². The molecule has 0 spiro atoms. The normalized spacial score (nSPS) is 20.4. The van der Waals surface area contributed by atoms with Gasteiger partial charge < -0.3 is 15.1 Å². The van der Waals surface area contributed by atoms with E-state index in [-0.39, 0.29) is 23.4 Å².